The van der Waals surface area contributed by atoms with Crippen LogP contribution in [-0.4, -0.2) is 44.3 Å². The van der Waals surface area contributed by atoms with Gasteiger partial charge in [-0.15, -0.1) is 12.4 Å². The number of amides is 2. The number of nitrogens with two attached hydrogens (primary N) is 2. The van der Waals surface area contributed by atoms with Crippen LogP contribution < -0.4 is 22.1 Å². The molecule has 7 N–H and O–H groups in total. The van der Waals surface area contributed by atoms with Crippen molar-refractivity contribution in [3.8, 4) is 11.1 Å². The van der Waals surface area contributed by atoms with Crippen LogP contribution in [0.1, 0.15) is 62.4 Å². The highest BCUT2D eigenvalue weighted by Gasteiger charge is 2.36. The summed E-state index contributed by atoms with van der Waals surface area (Å²) in [6.07, 6.45) is 3.40. The molecule has 1 fully saturated rings. The molecular weight excluding hydrogens is 602 g/mol. The van der Waals surface area contributed by atoms with Gasteiger partial charge in [-0.05, 0) is 97.7 Å². The average molecular weight is 644 g/mol. The first kappa shape index (κ1) is 33.0. The summed E-state index contributed by atoms with van der Waals surface area (Å²) in [6.45, 7) is 6.92. The first-order valence-electron chi connectivity index (χ1n) is 15.7. The Labute approximate surface area is 273 Å². The van der Waals surface area contributed by atoms with Gasteiger partial charge in [0.1, 0.15) is 11.9 Å². The highest BCUT2D eigenvalue weighted by molar-refractivity contribution is 6.02. The quantitative estimate of drug-likeness (QED) is 0.144. The second-order valence-corrected chi connectivity index (χ2v) is 12.8. The van der Waals surface area contributed by atoms with Crippen molar-refractivity contribution in [1.82, 2.24) is 19.9 Å². The second kappa shape index (κ2) is 13.5. The lowest BCUT2D eigenvalue weighted by atomic mass is 9.81. The highest BCUT2D eigenvalue weighted by Crippen LogP contribution is 2.34. The summed E-state index contributed by atoms with van der Waals surface area (Å²) in [5, 5.41) is 0. The largest absolute Gasteiger partial charge is 0.368 e. The number of anilines is 1. The molecule has 11 heteroatoms. The van der Waals surface area contributed by atoms with Gasteiger partial charge in [0.25, 0.3) is 0 Å². The van der Waals surface area contributed by atoms with Crippen LogP contribution in [0.25, 0.3) is 33.2 Å². The molecule has 1 aliphatic carbocycles. The molecule has 10 nitrogen and oxygen atoms in total. The Kier molecular flexibility index (Phi) is 9.69. The summed E-state index contributed by atoms with van der Waals surface area (Å²) < 4.78 is 0. The van der Waals surface area contributed by atoms with Crippen LogP contribution in [0.2, 0.25) is 0 Å². The van der Waals surface area contributed by atoms with Gasteiger partial charge in [-0.1, -0.05) is 38.1 Å². The normalized spacial score (nSPS) is 17.2. The van der Waals surface area contributed by atoms with E-state index in [9.17, 15) is 14.4 Å². The van der Waals surface area contributed by atoms with Gasteiger partial charge in [0, 0.05) is 23.9 Å². The Morgan fingerprint density at radius 3 is 2.28 bits per heavy atom. The molecule has 46 heavy (non-hydrogen) atoms. The van der Waals surface area contributed by atoms with Crippen LogP contribution in [0.3, 0.4) is 0 Å². The van der Waals surface area contributed by atoms with Gasteiger partial charge in [0.05, 0.1) is 22.1 Å². The number of nitrogens with zero attached hydrogens (tertiary/aromatic N) is 2. The van der Waals surface area contributed by atoms with Crippen molar-refractivity contribution in [2.24, 2.45) is 23.3 Å². The zero-order valence-corrected chi connectivity index (χ0v) is 27.2. The van der Waals surface area contributed by atoms with E-state index < -0.39 is 11.9 Å². The maximum absolute atomic E-state index is 14.2. The molecule has 0 saturated heterocycles. The minimum Gasteiger partial charge on any atom is -0.368 e. The number of benzene rings is 3. The number of aromatic nitrogens is 4. The Morgan fingerprint density at radius 2 is 1.63 bits per heavy atom. The molecule has 2 heterocycles. The van der Waals surface area contributed by atoms with E-state index in [4.69, 9.17) is 16.5 Å². The van der Waals surface area contributed by atoms with E-state index in [-0.39, 0.29) is 36.3 Å². The number of fused-ring (bicyclic) bond motifs is 2. The van der Waals surface area contributed by atoms with E-state index in [0.717, 1.165) is 52.0 Å². The van der Waals surface area contributed by atoms with E-state index in [2.05, 4.69) is 47.9 Å². The van der Waals surface area contributed by atoms with Gasteiger partial charge in [-0.2, -0.15) is 0 Å². The number of aromatic amines is 3. The number of carbonyl (C=O) groups excluding carboxylic acids is 2. The number of rotatable bonds is 9. The molecule has 1 saturated carbocycles. The monoisotopic (exact) mass is 643 g/mol. The molecule has 2 amide bonds. The predicted molar refractivity (Wildman–Crippen MR) is 185 cm³/mol. The number of primary amides is 1. The predicted octanol–water partition coefficient (Wildman–Crippen LogP) is 5.45. The number of halogens is 1. The van der Waals surface area contributed by atoms with Crippen molar-refractivity contribution in [3.63, 3.8) is 0 Å². The third kappa shape index (κ3) is 6.59. The van der Waals surface area contributed by atoms with Gasteiger partial charge in [-0.3, -0.25) is 14.5 Å². The molecule has 6 rings (SSSR count). The fourth-order valence-corrected chi connectivity index (χ4v) is 6.60. The molecule has 0 aliphatic heterocycles. The van der Waals surface area contributed by atoms with E-state index in [1.165, 1.54) is 0 Å². The molecule has 3 aromatic carbocycles. The van der Waals surface area contributed by atoms with Gasteiger partial charge >= 0.3 is 5.69 Å². The van der Waals surface area contributed by atoms with Crippen molar-refractivity contribution in [3.05, 3.63) is 82.0 Å². The van der Waals surface area contributed by atoms with Crippen LogP contribution in [-0.2, 0) is 16.0 Å². The maximum Gasteiger partial charge on any atom is 0.323 e. The molecule has 1 atom stereocenters. The van der Waals surface area contributed by atoms with Crippen molar-refractivity contribution < 1.29 is 9.59 Å². The smallest absolute Gasteiger partial charge is 0.323 e. The first-order valence-corrected chi connectivity index (χ1v) is 15.7. The van der Waals surface area contributed by atoms with Crippen molar-refractivity contribution in [1.29, 1.82) is 0 Å². The zero-order valence-electron chi connectivity index (χ0n) is 26.4. The molecule has 5 aromatic rings. The minimum atomic E-state index is -0.921. The molecule has 0 bridgehead atoms. The average Bonchev–Trinajstić information content (AvgIpc) is 3.62. The number of hydrogen-bond acceptors (Lipinski definition) is 5. The topological polar surface area (TPSA) is 167 Å². The maximum atomic E-state index is 14.2. The summed E-state index contributed by atoms with van der Waals surface area (Å²) >= 11 is 0. The minimum absolute atomic E-state index is 0. The Balaban J connectivity index is 0.00000417. The molecule has 242 valence electrons. The Morgan fingerprint density at radius 1 is 0.935 bits per heavy atom. The lowest BCUT2D eigenvalue weighted by molar-refractivity contribution is -0.127. The number of carbonyl (C=O) groups is 2. The third-order valence-electron chi connectivity index (χ3n) is 9.27. The van der Waals surface area contributed by atoms with E-state index in [1.54, 1.807) is 23.1 Å². The molecule has 0 radical (unpaired) electrons. The summed E-state index contributed by atoms with van der Waals surface area (Å²) in [5.41, 5.74) is 19.4. The lowest BCUT2D eigenvalue weighted by Gasteiger charge is -2.35. The number of imidazole rings is 2. The molecule has 0 spiro atoms. The summed E-state index contributed by atoms with van der Waals surface area (Å²) in [6, 6.07) is 16.6. The number of aryl methyl sites for hydroxylation is 1. The number of hydrogen-bond donors (Lipinski definition) is 5. The standard InChI is InChI=1S/C35H41N7O3.ClH/c1-19(2)33-38-28-14-20(3)26(17-30(28)39-33)23-8-4-21(5-9-23)15-31(32(37)43)42(34(44)24-10-6-22(18-36)7-11-24)25-12-13-27-29(16-25)41-35(45)40-27;/h4-5,8-9,12-14,16-17,19,22,24,31H,6-7,10-11,15,18,36H2,1-3H3,(H2,37,43)(H,38,39)(H2,40,41,45);1H/t22-,24-,31-;/m0./s1. The van der Waals surface area contributed by atoms with Crippen LogP contribution in [0.5, 0.6) is 0 Å². The SMILES string of the molecule is Cc1cc2[nH]c(C(C)C)nc2cc1-c1ccc(C[C@@H](C(N)=O)N(c2ccc3[nH]c(=O)[nH]c3c2)C(=O)[C@H]2CC[C@H](CN)CC2)cc1.Cl. The zero-order chi connectivity index (χ0) is 31.8. The van der Waals surface area contributed by atoms with Gasteiger partial charge in [0.2, 0.25) is 11.8 Å². The Hall–Kier alpha value is -4.41. The van der Waals surface area contributed by atoms with Crippen LogP contribution in [0.15, 0.2) is 59.4 Å². The second-order valence-electron chi connectivity index (χ2n) is 12.8. The van der Waals surface area contributed by atoms with E-state index in [1.807, 2.05) is 24.3 Å². The van der Waals surface area contributed by atoms with Gasteiger partial charge in [0.15, 0.2) is 0 Å². The Bertz CT molecular complexity index is 1920. The molecule has 1 aliphatic rings. The van der Waals surface area contributed by atoms with Crippen LogP contribution >= 0.6 is 12.4 Å². The van der Waals surface area contributed by atoms with Crippen molar-refractivity contribution in [2.45, 2.75) is 64.8 Å². The van der Waals surface area contributed by atoms with Crippen LogP contribution in [0, 0.1) is 18.8 Å². The molecular formula is C35H42ClN7O3. The highest BCUT2D eigenvalue weighted by atomic mass is 35.5. The number of nitrogens with one attached hydrogen (secondary N) is 3. The number of H-pyrrole nitrogens is 3. The van der Waals surface area contributed by atoms with E-state index >= 15 is 0 Å². The summed E-state index contributed by atoms with van der Waals surface area (Å²) in [4.78, 5) is 54.5. The lowest BCUT2D eigenvalue weighted by Crippen LogP contribution is -2.52. The fraction of sp³-hybridized carbons (Fsp3) is 0.371. The molecule has 0 unspecified atom stereocenters. The molecule has 2 aromatic heterocycles. The first-order chi connectivity index (χ1) is 21.6. The van der Waals surface area contributed by atoms with Crippen LogP contribution in [0.4, 0.5) is 5.69 Å². The summed E-state index contributed by atoms with van der Waals surface area (Å²) in [5.74, 6) is 0.706. The van der Waals surface area contributed by atoms with Gasteiger partial charge in [-0.25, -0.2) is 9.78 Å². The van der Waals surface area contributed by atoms with Crippen molar-refractivity contribution >= 4 is 52.0 Å². The third-order valence-corrected chi connectivity index (χ3v) is 9.27. The fourth-order valence-electron chi connectivity index (χ4n) is 6.60. The summed E-state index contributed by atoms with van der Waals surface area (Å²) in [7, 11) is 0. The van der Waals surface area contributed by atoms with Crippen molar-refractivity contribution in [2.75, 3.05) is 11.4 Å². The van der Waals surface area contributed by atoms with Gasteiger partial charge < -0.3 is 26.4 Å². The van der Waals surface area contributed by atoms with E-state index in [0.29, 0.717) is 47.9 Å².